The van der Waals surface area contributed by atoms with Gasteiger partial charge in [0.25, 0.3) is 5.56 Å². The molecule has 1 unspecified atom stereocenters. The first-order valence-corrected chi connectivity index (χ1v) is 12.2. The Balaban J connectivity index is 1.86. The molecule has 0 amide bonds. The summed E-state index contributed by atoms with van der Waals surface area (Å²) >= 11 is 1.17. The van der Waals surface area contributed by atoms with Gasteiger partial charge < -0.3 is 18.9 Å². The van der Waals surface area contributed by atoms with E-state index in [0.717, 1.165) is 0 Å². The van der Waals surface area contributed by atoms with E-state index in [0.29, 0.717) is 37.7 Å². The summed E-state index contributed by atoms with van der Waals surface area (Å²) in [7, 11) is 2.71. The van der Waals surface area contributed by atoms with Gasteiger partial charge in [-0.1, -0.05) is 29.5 Å². The lowest BCUT2D eigenvalue weighted by molar-refractivity contribution is -0.136. The van der Waals surface area contributed by atoms with Gasteiger partial charge >= 0.3 is 17.9 Å². The molecule has 0 saturated heterocycles. The van der Waals surface area contributed by atoms with Crippen LogP contribution < -0.4 is 29.1 Å². The Morgan fingerprint density at radius 1 is 0.974 bits per heavy atom. The van der Waals surface area contributed by atoms with E-state index >= 15 is 0 Å². The quantitative estimate of drug-likeness (QED) is 0.347. The minimum Gasteiger partial charge on any atom is -0.493 e. The highest BCUT2D eigenvalue weighted by molar-refractivity contribution is 7.07. The highest BCUT2D eigenvalue weighted by Crippen LogP contribution is 2.32. The highest BCUT2D eigenvalue weighted by atomic mass is 32.1. The number of benzene rings is 2. The maximum Gasteiger partial charge on any atom is 0.338 e. The molecule has 0 aliphatic carbocycles. The molecule has 10 nitrogen and oxygen atoms in total. The van der Waals surface area contributed by atoms with Crippen molar-refractivity contribution >= 4 is 35.3 Å². The Bertz CT molecular complexity index is 1650. The second kappa shape index (κ2) is 10.9. The van der Waals surface area contributed by atoms with Crippen molar-refractivity contribution in [2.45, 2.75) is 26.8 Å². The van der Waals surface area contributed by atoms with Gasteiger partial charge in [-0.3, -0.25) is 19.0 Å². The molecule has 0 fully saturated rings. The van der Waals surface area contributed by atoms with Gasteiger partial charge in [-0.05, 0) is 48.4 Å². The van der Waals surface area contributed by atoms with Crippen LogP contribution in [0.1, 0.15) is 37.9 Å². The van der Waals surface area contributed by atoms with Gasteiger partial charge in [0.2, 0.25) is 0 Å². The average Bonchev–Trinajstić information content (AvgIpc) is 3.17. The number of thiazole rings is 1. The van der Waals surface area contributed by atoms with Crippen LogP contribution in [0, 0.1) is 0 Å². The van der Waals surface area contributed by atoms with Crippen molar-refractivity contribution in [1.29, 1.82) is 0 Å². The summed E-state index contributed by atoms with van der Waals surface area (Å²) < 4.78 is 22.4. The van der Waals surface area contributed by atoms with Crippen LogP contribution in [0.2, 0.25) is 0 Å². The first-order chi connectivity index (χ1) is 18.1. The van der Waals surface area contributed by atoms with Crippen molar-refractivity contribution in [2.75, 3.05) is 14.2 Å². The Morgan fingerprint density at radius 3 is 2.26 bits per heavy atom. The number of hydrogen-bond acceptors (Lipinski definition) is 10. The van der Waals surface area contributed by atoms with Gasteiger partial charge in [0, 0.05) is 13.8 Å². The zero-order valence-electron chi connectivity index (χ0n) is 21.3. The Morgan fingerprint density at radius 2 is 1.66 bits per heavy atom. The molecule has 2 heterocycles. The second-order valence-corrected chi connectivity index (χ2v) is 9.25. The van der Waals surface area contributed by atoms with Gasteiger partial charge in [-0.2, -0.15) is 0 Å². The number of methoxy groups -OCH3 is 2. The number of aromatic nitrogens is 1. The fraction of sp³-hybridized carbons (Fsp3) is 0.222. The maximum atomic E-state index is 13.7. The topological polar surface area (TPSA) is 122 Å². The number of carbonyl (C=O) groups is 3. The van der Waals surface area contributed by atoms with Crippen LogP contribution in [0.15, 0.2) is 63.5 Å². The number of fused-ring (bicyclic) bond motifs is 1. The number of rotatable bonds is 6. The smallest absolute Gasteiger partial charge is 0.338 e. The molecule has 11 heteroatoms. The van der Waals surface area contributed by atoms with E-state index in [2.05, 4.69) is 4.99 Å². The predicted molar refractivity (Wildman–Crippen MR) is 138 cm³/mol. The first-order valence-electron chi connectivity index (χ1n) is 11.4. The van der Waals surface area contributed by atoms with E-state index in [1.165, 1.54) is 44.0 Å². The molecule has 0 radical (unpaired) electrons. The molecule has 0 spiro atoms. The van der Waals surface area contributed by atoms with Crippen LogP contribution in [-0.2, 0) is 19.1 Å². The van der Waals surface area contributed by atoms with Gasteiger partial charge in [-0.25, -0.2) is 9.79 Å². The van der Waals surface area contributed by atoms with Crippen molar-refractivity contribution in [3.8, 4) is 17.2 Å². The number of hydrogen-bond donors (Lipinski definition) is 0. The molecule has 1 atom stereocenters. The van der Waals surface area contributed by atoms with Crippen LogP contribution in [0.25, 0.3) is 6.08 Å². The third-order valence-electron chi connectivity index (χ3n) is 5.62. The molecule has 0 N–H and O–H groups in total. The van der Waals surface area contributed by atoms with E-state index in [1.54, 1.807) is 55.5 Å². The summed E-state index contributed by atoms with van der Waals surface area (Å²) in [5, 5.41) is 0. The van der Waals surface area contributed by atoms with Crippen LogP contribution >= 0.6 is 11.3 Å². The van der Waals surface area contributed by atoms with Gasteiger partial charge in [-0.15, -0.1) is 0 Å². The molecular formula is C27H24N2O8S. The fourth-order valence-corrected chi connectivity index (χ4v) is 5.10. The lowest BCUT2D eigenvalue weighted by Crippen LogP contribution is -2.39. The summed E-state index contributed by atoms with van der Waals surface area (Å²) in [5.41, 5.74) is 1.52. The van der Waals surface area contributed by atoms with Crippen molar-refractivity contribution in [1.82, 2.24) is 4.57 Å². The Kier molecular flexibility index (Phi) is 7.58. The molecular weight excluding hydrogens is 512 g/mol. The number of esters is 3. The molecule has 1 aliphatic rings. The highest BCUT2D eigenvalue weighted by Gasteiger charge is 2.33. The van der Waals surface area contributed by atoms with Crippen LogP contribution in [-0.4, -0.2) is 36.7 Å². The zero-order valence-corrected chi connectivity index (χ0v) is 22.1. The third kappa shape index (κ3) is 5.28. The van der Waals surface area contributed by atoms with Crippen molar-refractivity contribution in [3.63, 3.8) is 0 Å². The second-order valence-electron chi connectivity index (χ2n) is 8.24. The largest absolute Gasteiger partial charge is 0.493 e. The van der Waals surface area contributed by atoms with Crippen molar-refractivity contribution in [2.24, 2.45) is 4.99 Å². The van der Waals surface area contributed by atoms with Crippen LogP contribution in [0.4, 0.5) is 0 Å². The molecule has 4 rings (SSSR count). The normalized spacial score (nSPS) is 14.9. The monoisotopic (exact) mass is 536 g/mol. The zero-order chi connectivity index (χ0) is 27.6. The summed E-state index contributed by atoms with van der Waals surface area (Å²) in [5.74, 6) is -0.637. The van der Waals surface area contributed by atoms with Gasteiger partial charge in [0.05, 0.1) is 36.1 Å². The van der Waals surface area contributed by atoms with E-state index in [4.69, 9.17) is 18.9 Å². The van der Waals surface area contributed by atoms with Gasteiger partial charge in [0.1, 0.15) is 5.75 Å². The molecule has 196 valence electrons. The molecule has 38 heavy (non-hydrogen) atoms. The van der Waals surface area contributed by atoms with Gasteiger partial charge in [0.15, 0.2) is 16.3 Å². The number of ether oxygens (including phenoxy) is 4. The summed E-state index contributed by atoms with van der Waals surface area (Å²) in [6.45, 7) is 4.27. The number of nitrogens with zero attached hydrogens (tertiary/aromatic N) is 2. The minimum absolute atomic E-state index is 0.221. The van der Waals surface area contributed by atoms with E-state index < -0.39 is 23.9 Å². The first kappa shape index (κ1) is 26.6. The lowest BCUT2D eigenvalue weighted by Gasteiger charge is -2.24. The predicted octanol–water partition coefficient (Wildman–Crippen LogP) is 2.27. The molecule has 2 aromatic carbocycles. The summed E-state index contributed by atoms with van der Waals surface area (Å²) in [6, 6.07) is 10.6. The minimum atomic E-state index is -0.812. The summed E-state index contributed by atoms with van der Waals surface area (Å²) in [6.07, 6.45) is 1.67. The molecule has 0 bridgehead atoms. The summed E-state index contributed by atoms with van der Waals surface area (Å²) in [4.78, 5) is 54.1. The average molecular weight is 537 g/mol. The molecule has 0 saturated carbocycles. The van der Waals surface area contributed by atoms with Crippen molar-refractivity contribution < 1.29 is 33.3 Å². The Hall–Kier alpha value is -4.51. The lowest BCUT2D eigenvalue weighted by atomic mass is 9.96. The fourth-order valence-electron chi connectivity index (χ4n) is 4.06. The van der Waals surface area contributed by atoms with E-state index in [-0.39, 0.29) is 16.9 Å². The number of carbonyl (C=O) groups excluding carboxylic acids is 3. The van der Waals surface area contributed by atoms with Crippen LogP contribution in [0.5, 0.6) is 17.2 Å². The standard InChI is InChI=1S/C27H24N2O8S/c1-14-23(26(33)35-5)24(18-7-9-19(10-8-18)36-15(2)30)29-25(32)22(38-27(29)28-14)13-17-6-11-20(37-16(3)31)21(12-17)34-4/h6-13,24H,1-5H3/b22-13-. The molecule has 1 aromatic heterocycles. The molecule has 3 aromatic rings. The van der Waals surface area contributed by atoms with Crippen LogP contribution in [0.3, 0.4) is 0 Å². The number of allylic oxidation sites excluding steroid dienone is 1. The Labute approximate surface area is 221 Å². The SMILES string of the molecule is COC(=O)C1=C(C)N=c2s/c(=C\c3ccc(OC(C)=O)c(OC)c3)c(=O)n2C1c1ccc(OC(C)=O)cc1. The maximum absolute atomic E-state index is 13.7. The van der Waals surface area contributed by atoms with E-state index in [9.17, 15) is 19.2 Å². The van der Waals surface area contributed by atoms with E-state index in [1.807, 2.05) is 0 Å². The third-order valence-corrected chi connectivity index (χ3v) is 6.61. The van der Waals surface area contributed by atoms with Crippen molar-refractivity contribution in [3.05, 3.63) is 84.5 Å². The molecule has 1 aliphatic heterocycles.